The zero-order chi connectivity index (χ0) is 17.4. The van der Waals surface area contributed by atoms with Crippen molar-refractivity contribution in [2.24, 2.45) is 0 Å². The van der Waals surface area contributed by atoms with Gasteiger partial charge in [-0.2, -0.15) is 0 Å². The van der Waals surface area contributed by atoms with Crippen LogP contribution >= 0.6 is 10.8 Å². The zero-order valence-electron chi connectivity index (χ0n) is 14.2. The van der Waals surface area contributed by atoms with E-state index in [0.29, 0.717) is 10.6 Å². The van der Waals surface area contributed by atoms with Crippen molar-refractivity contribution in [3.8, 4) is 0 Å². The normalized spacial score (nSPS) is 12.4. The molecule has 0 radical (unpaired) electrons. The molecule has 5 heteroatoms. The van der Waals surface area contributed by atoms with E-state index in [1.807, 2.05) is 26.0 Å². The van der Waals surface area contributed by atoms with Crippen LogP contribution in [-0.4, -0.2) is 8.42 Å². The van der Waals surface area contributed by atoms with Crippen LogP contribution in [0.15, 0.2) is 46.2 Å². The molecule has 2 rings (SSSR count). The molecule has 2 aromatic rings. The van der Waals surface area contributed by atoms with Crippen LogP contribution in [0.3, 0.4) is 0 Å². The number of hydrogen-bond donors (Lipinski definition) is 1. The van der Waals surface area contributed by atoms with Crippen LogP contribution in [0.5, 0.6) is 0 Å². The van der Waals surface area contributed by atoms with Crippen LogP contribution in [0.25, 0.3) is 0 Å². The molecule has 0 unspecified atom stereocenters. The Kier molecular flexibility index (Phi) is 4.83. The summed E-state index contributed by atoms with van der Waals surface area (Å²) in [7, 11) is -2.57. The maximum absolute atomic E-state index is 12.7. The lowest BCUT2D eigenvalue weighted by molar-refractivity contribution is 0.574. The first-order valence-corrected chi connectivity index (χ1v) is 10.2. The van der Waals surface area contributed by atoms with Gasteiger partial charge in [-0.05, 0) is 54.7 Å². The average molecular weight is 350 g/mol. The lowest BCUT2D eigenvalue weighted by Gasteiger charge is -2.25. The zero-order valence-corrected chi connectivity index (χ0v) is 15.8. The fourth-order valence-corrected chi connectivity index (χ4v) is 5.79. The van der Waals surface area contributed by atoms with E-state index < -0.39 is 8.87 Å². The van der Waals surface area contributed by atoms with Crippen LogP contribution in [0, 0.1) is 13.8 Å². The summed E-state index contributed by atoms with van der Waals surface area (Å²) in [5, 5.41) is 0. The van der Waals surface area contributed by atoms with E-state index in [-0.39, 0.29) is 5.41 Å². The molecule has 0 atom stereocenters. The van der Waals surface area contributed by atoms with E-state index in [4.69, 9.17) is 5.73 Å². The molecular weight excluding hydrogens is 326 g/mol. The minimum absolute atomic E-state index is 0.190. The first kappa shape index (κ1) is 17.9. The molecule has 0 aromatic heterocycles. The molecule has 3 nitrogen and oxygen atoms in total. The molecule has 0 saturated heterocycles. The fourth-order valence-electron chi connectivity index (χ4n) is 2.58. The molecule has 0 bridgehead atoms. The van der Waals surface area contributed by atoms with Gasteiger partial charge < -0.3 is 5.73 Å². The molecule has 124 valence electrons. The van der Waals surface area contributed by atoms with Crippen LogP contribution in [0.1, 0.15) is 37.5 Å². The summed E-state index contributed by atoms with van der Waals surface area (Å²) in [4.78, 5) is 1.06. The van der Waals surface area contributed by atoms with Crippen LogP contribution in [-0.2, 0) is 14.3 Å². The van der Waals surface area contributed by atoms with Crippen molar-refractivity contribution in [1.82, 2.24) is 0 Å². The second-order valence-electron chi connectivity index (χ2n) is 6.75. The Morgan fingerprint density at radius 1 is 0.957 bits per heavy atom. The van der Waals surface area contributed by atoms with Gasteiger partial charge in [0.1, 0.15) is 0 Å². The molecule has 0 aliphatic heterocycles. The third-order valence-electron chi connectivity index (χ3n) is 3.73. The average Bonchev–Trinajstić information content (AvgIpc) is 2.41. The Hall–Kier alpha value is -1.46. The van der Waals surface area contributed by atoms with Crippen molar-refractivity contribution in [3.63, 3.8) is 0 Å². The molecule has 2 N–H and O–H groups in total. The molecule has 0 aliphatic carbocycles. The van der Waals surface area contributed by atoms with E-state index in [2.05, 4.69) is 20.8 Å². The number of nitrogen functional groups attached to an aromatic ring is 1. The lowest BCUT2D eigenvalue weighted by atomic mass is 9.83. The summed E-state index contributed by atoms with van der Waals surface area (Å²) in [5.74, 6) is 0. The minimum Gasteiger partial charge on any atom is -0.399 e. The summed E-state index contributed by atoms with van der Waals surface area (Å²) in [6.45, 7) is 10.1. The number of nitrogens with two attached hydrogens (primary N) is 1. The molecule has 0 saturated carbocycles. The van der Waals surface area contributed by atoms with Gasteiger partial charge in [-0.25, -0.2) is 8.42 Å². The maximum atomic E-state index is 12.7. The molecule has 0 heterocycles. The SMILES string of the molecule is Cc1ccc(S(=O)(=O)Sc2ccc(N)c(C)c2C(C)(C)C)cc1. The van der Waals surface area contributed by atoms with Gasteiger partial charge in [-0.15, -0.1) is 0 Å². The highest BCUT2D eigenvalue weighted by atomic mass is 33.1. The summed E-state index contributed by atoms with van der Waals surface area (Å²) in [6.07, 6.45) is 0. The van der Waals surface area contributed by atoms with Crippen molar-refractivity contribution < 1.29 is 8.42 Å². The van der Waals surface area contributed by atoms with E-state index in [0.717, 1.165) is 32.4 Å². The monoisotopic (exact) mass is 349 g/mol. The summed E-state index contributed by atoms with van der Waals surface area (Å²) in [5.41, 5.74) is 9.48. The number of benzene rings is 2. The van der Waals surface area contributed by atoms with E-state index in [9.17, 15) is 8.42 Å². The summed E-state index contributed by atoms with van der Waals surface area (Å²) >= 11 is 0. The topological polar surface area (TPSA) is 60.2 Å². The molecule has 23 heavy (non-hydrogen) atoms. The molecule has 0 fully saturated rings. The number of aryl methyl sites for hydroxylation is 1. The van der Waals surface area contributed by atoms with E-state index in [1.54, 1.807) is 24.3 Å². The van der Waals surface area contributed by atoms with Gasteiger partial charge in [0.15, 0.2) is 0 Å². The predicted molar refractivity (Wildman–Crippen MR) is 98.5 cm³/mol. The maximum Gasteiger partial charge on any atom is 0.234 e. The van der Waals surface area contributed by atoms with Crippen LogP contribution < -0.4 is 5.73 Å². The largest absolute Gasteiger partial charge is 0.399 e. The van der Waals surface area contributed by atoms with Gasteiger partial charge in [0, 0.05) is 21.4 Å². The number of hydrogen-bond acceptors (Lipinski definition) is 4. The van der Waals surface area contributed by atoms with Crippen molar-refractivity contribution in [3.05, 3.63) is 53.1 Å². The summed E-state index contributed by atoms with van der Waals surface area (Å²) in [6, 6.07) is 10.5. The Balaban J connectivity index is 2.52. The molecule has 0 amide bonds. The third kappa shape index (κ3) is 3.90. The lowest BCUT2D eigenvalue weighted by Crippen LogP contribution is -2.16. The van der Waals surface area contributed by atoms with Crippen molar-refractivity contribution in [1.29, 1.82) is 0 Å². The second-order valence-corrected chi connectivity index (χ2v) is 10.6. The number of rotatable bonds is 3. The number of anilines is 1. The van der Waals surface area contributed by atoms with Gasteiger partial charge in [0.25, 0.3) is 0 Å². The van der Waals surface area contributed by atoms with E-state index in [1.165, 1.54) is 0 Å². The van der Waals surface area contributed by atoms with Gasteiger partial charge in [-0.3, -0.25) is 0 Å². The van der Waals surface area contributed by atoms with Gasteiger partial charge in [0.2, 0.25) is 8.87 Å². The standard InChI is InChI=1S/C18H23NO2S2/c1-12-6-8-14(9-7-12)23(20,21)22-16-11-10-15(19)13(2)17(16)18(3,4)5/h6-11H,19H2,1-5H3. The Labute approximate surface area is 142 Å². The quantitative estimate of drug-likeness (QED) is 0.646. The minimum atomic E-state index is -3.47. The van der Waals surface area contributed by atoms with Crippen molar-refractivity contribution >= 4 is 25.4 Å². The fraction of sp³-hybridized carbons (Fsp3) is 0.333. The van der Waals surface area contributed by atoms with Gasteiger partial charge in [-0.1, -0.05) is 38.5 Å². The third-order valence-corrected chi connectivity index (χ3v) is 7.09. The van der Waals surface area contributed by atoms with E-state index >= 15 is 0 Å². The Bertz CT molecular complexity index is 817. The highest BCUT2D eigenvalue weighted by Gasteiger charge is 2.26. The molecule has 0 aliphatic rings. The second kappa shape index (κ2) is 6.21. The smallest absolute Gasteiger partial charge is 0.234 e. The van der Waals surface area contributed by atoms with Gasteiger partial charge >= 0.3 is 0 Å². The van der Waals surface area contributed by atoms with Crippen LogP contribution in [0.2, 0.25) is 0 Å². The van der Waals surface area contributed by atoms with Crippen molar-refractivity contribution in [2.75, 3.05) is 5.73 Å². The first-order chi connectivity index (χ1) is 10.5. The Morgan fingerprint density at radius 2 is 1.52 bits per heavy atom. The van der Waals surface area contributed by atoms with Crippen molar-refractivity contribution in [2.45, 2.75) is 49.8 Å². The Morgan fingerprint density at radius 3 is 2.04 bits per heavy atom. The highest BCUT2D eigenvalue weighted by Crippen LogP contribution is 2.41. The molecule has 0 spiro atoms. The first-order valence-electron chi connectivity index (χ1n) is 7.43. The van der Waals surface area contributed by atoms with Crippen LogP contribution in [0.4, 0.5) is 5.69 Å². The summed E-state index contributed by atoms with van der Waals surface area (Å²) < 4.78 is 25.4. The molecular formula is C18H23NO2S2. The van der Waals surface area contributed by atoms with Gasteiger partial charge in [0.05, 0.1) is 4.90 Å². The highest BCUT2D eigenvalue weighted by molar-refractivity contribution is 8.72. The molecule has 2 aromatic carbocycles. The predicted octanol–water partition coefficient (Wildman–Crippen LogP) is 4.66.